The molecule has 3 heterocycles. The Morgan fingerprint density at radius 1 is 1.07 bits per heavy atom. The van der Waals surface area contributed by atoms with Crippen LogP contribution < -0.4 is 15.0 Å². The van der Waals surface area contributed by atoms with Crippen molar-refractivity contribution in [1.82, 2.24) is 19.8 Å². The minimum Gasteiger partial charge on any atom is -0.453 e. The fraction of sp³-hybridized carbons (Fsp3) is 0.233. The molecule has 2 aliphatic rings. The lowest BCUT2D eigenvalue weighted by atomic mass is 10.1. The predicted molar refractivity (Wildman–Crippen MR) is 151 cm³/mol. The average molecular weight is 576 g/mol. The number of aliphatic hydroxyl groups excluding tert-OH is 1. The molecule has 9 nitrogen and oxygen atoms in total. The van der Waals surface area contributed by atoms with Crippen molar-refractivity contribution in [1.29, 1.82) is 0 Å². The lowest BCUT2D eigenvalue weighted by Gasteiger charge is -2.26. The molecule has 3 aromatic carbocycles. The number of nitrogens with zero attached hydrogens (tertiary/aromatic N) is 4. The van der Waals surface area contributed by atoms with E-state index in [1.165, 1.54) is 28.2 Å². The number of amides is 3. The van der Waals surface area contributed by atoms with Crippen LogP contribution in [-0.4, -0.2) is 38.0 Å². The Bertz CT molecular complexity index is 1650. The summed E-state index contributed by atoms with van der Waals surface area (Å²) in [6.07, 6.45) is 1.89. The summed E-state index contributed by atoms with van der Waals surface area (Å²) >= 11 is 6.09. The highest BCUT2D eigenvalue weighted by molar-refractivity contribution is 6.32. The van der Waals surface area contributed by atoms with E-state index in [9.17, 15) is 19.1 Å². The summed E-state index contributed by atoms with van der Waals surface area (Å²) < 4.78 is 21.7. The van der Waals surface area contributed by atoms with E-state index in [1.807, 2.05) is 23.7 Å². The van der Waals surface area contributed by atoms with Gasteiger partial charge in [0.2, 0.25) is 5.91 Å². The number of nitrogens with one attached hydrogen (secondary N) is 1. The lowest BCUT2D eigenvalue weighted by molar-refractivity contribution is -0.120. The average Bonchev–Trinajstić information content (AvgIpc) is 3.53. The Balaban J connectivity index is 1.16. The van der Waals surface area contributed by atoms with Crippen molar-refractivity contribution in [2.45, 2.75) is 32.7 Å². The van der Waals surface area contributed by atoms with Gasteiger partial charge in [-0.15, -0.1) is 0 Å². The van der Waals surface area contributed by atoms with E-state index in [-0.39, 0.29) is 29.7 Å². The van der Waals surface area contributed by atoms with Crippen molar-refractivity contribution in [3.05, 3.63) is 93.9 Å². The van der Waals surface area contributed by atoms with Gasteiger partial charge >= 0.3 is 6.03 Å². The van der Waals surface area contributed by atoms with Crippen LogP contribution >= 0.6 is 11.6 Å². The molecular formula is C30H27ClFN5O4. The summed E-state index contributed by atoms with van der Waals surface area (Å²) in [6, 6.07) is 15.5. The van der Waals surface area contributed by atoms with Crippen LogP contribution in [0.25, 0.3) is 11.4 Å². The SMILES string of the molecule is Cn1c(N2CCC(=O)NC2=O)cnc1-c1ccc2c(c1)CN(Cc1ccc(Oc3c(F)cccc3Cl)cc1CO)C2. The van der Waals surface area contributed by atoms with Crippen molar-refractivity contribution in [3.63, 3.8) is 0 Å². The molecule has 0 atom stereocenters. The van der Waals surface area contributed by atoms with Gasteiger partial charge in [0, 0.05) is 45.2 Å². The Kier molecular flexibility index (Phi) is 7.21. The number of ether oxygens (including phenoxy) is 1. The number of carbonyl (C=O) groups is 2. The highest BCUT2D eigenvalue weighted by atomic mass is 35.5. The zero-order valence-corrected chi connectivity index (χ0v) is 23.0. The van der Waals surface area contributed by atoms with E-state index in [4.69, 9.17) is 16.3 Å². The third-order valence-electron chi connectivity index (χ3n) is 7.43. The minimum atomic E-state index is -0.559. The number of hydrogen-bond acceptors (Lipinski definition) is 6. The van der Waals surface area contributed by atoms with Crippen LogP contribution in [0.1, 0.15) is 28.7 Å². The van der Waals surface area contributed by atoms with Gasteiger partial charge in [0.15, 0.2) is 11.6 Å². The maximum atomic E-state index is 14.2. The third-order valence-corrected chi connectivity index (χ3v) is 7.73. The standard InChI is InChI=1S/C30H27ClFN5O4/c1-35-27(37-10-9-26(39)34-30(37)40)13-33-29(35)18-5-6-19-14-36(16-21(19)11-18)15-20-7-8-23(12-22(20)17-38)41-28-24(31)3-2-4-25(28)32/h2-8,11-13,38H,9-10,14-17H2,1H3,(H,34,39,40). The Hall–Kier alpha value is -4.25. The molecule has 2 aliphatic heterocycles. The topological polar surface area (TPSA) is 99.9 Å². The van der Waals surface area contributed by atoms with Gasteiger partial charge in [-0.3, -0.25) is 19.9 Å². The molecule has 6 rings (SSSR count). The van der Waals surface area contributed by atoms with Crippen molar-refractivity contribution in [2.24, 2.45) is 7.05 Å². The second-order valence-electron chi connectivity index (χ2n) is 10.1. The molecule has 3 amide bonds. The lowest BCUT2D eigenvalue weighted by Crippen LogP contribution is -2.50. The number of halogens is 2. The van der Waals surface area contributed by atoms with Crippen LogP contribution in [0.5, 0.6) is 11.5 Å². The molecule has 41 heavy (non-hydrogen) atoms. The second kappa shape index (κ2) is 11.0. The van der Waals surface area contributed by atoms with E-state index >= 15 is 0 Å². The molecular weight excluding hydrogens is 549 g/mol. The summed E-state index contributed by atoms with van der Waals surface area (Å²) in [6.45, 7) is 2.19. The largest absolute Gasteiger partial charge is 0.453 e. The highest BCUT2D eigenvalue weighted by Crippen LogP contribution is 2.34. The first-order valence-electron chi connectivity index (χ1n) is 13.1. The normalized spacial score (nSPS) is 15.3. The second-order valence-corrected chi connectivity index (χ2v) is 10.5. The molecule has 0 saturated carbocycles. The van der Waals surface area contributed by atoms with Crippen molar-refractivity contribution in [3.8, 4) is 22.9 Å². The smallest absolute Gasteiger partial charge is 0.329 e. The molecule has 0 bridgehead atoms. The van der Waals surface area contributed by atoms with Gasteiger partial charge < -0.3 is 14.4 Å². The highest BCUT2D eigenvalue weighted by Gasteiger charge is 2.28. The van der Waals surface area contributed by atoms with Crippen LogP contribution in [0.15, 0.2) is 60.8 Å². The number of rotatable bonds is 7. The molecule has 0 unspecified atom stereocenters. The number of urea groups is 1. The van der Waals surface area contributed by atoms with Gasteiger partial charge in [-0.05, 0) is 52.6 Å². The number of anilines is 1. The maximum absolute atomic E-state index is 14.2. The van der Waals surface area contributed by atoms with Gasteiger partial charge in [0.1, 0.15) is 17.4 Å². The fourth-order valence-electron chi connectivity index (χ4n) is 5.32. The van der Waals surface area contributed by atoms with Gasteiger partial charge in [0.25, 0.3) is 0 Å². The number of imidazole rings is 1. The maximum Gasteiger partial charge on any atom is 0.329 e. The van der Waals surface area contributed by atoms with E-state index in [1.54, 1.807) is 24.4 Å². The summed E-state index contributed by atoms with van der Waals surface area (Å²) in [5, 5.41) is 12.6. The Morgan fingerprint density at radius 3 is 2.68 bits per heavy atom. The van der Waals surface area contributed by atoms with Crippen LogP contribution in [0.2, 0.25) is 5.02 Å². The molecule has 0 radical (unpaired) electrons. The van der Waals surface area contributed by atoms with Crippen molar-refractivity contribution >= 4 is 29.4 Å². The van der Waals surface area contributed by atoms with Crippen molar-refractivity contribution in [2.75, 3.05) is 11.4 Å². The van der Waals surface area contributed by atoms with E-state index in [2.05, 4.69) is 27.3 Å². The third kappa shape index (κ3) is 5.29. The summed E-state index contributed by atoms with van der Waals surface area (Å²) in [5.41, 5.74) is 4.94. The first-order chi connectivity index (χ1) is 19.8. The monoisotopic (exact) mass is 575 g/mol. The Morgan fingerprint density at radius 2 is 1.90 bits per heavy atom. The molecule has 11 heteroatoms. The zero-order valence-electron chi connectivity index (χ0n) is 22.2. The van der Waals surface area contributed by atoms with Crippen LogP contribution in [0, 0.1) is 5.82 Å². The zero-order chi connectivity index (χ0) is 28.7. The summed E-state index contributed by atoms with van der Waals surface area (Å²) in [5.74, 6) is 0.844. The summed E-state index contributed by atoms with van der Waals surface area (Å²) in [4.78, 5) is 32.2. The number of aliphatic hydroxyl groups is 1. The molecule has 1 fully saturated rings. The quantitative estimate of drug-likeness (QED) is 0.317. The first-order valence-corrected chi connectivity index (χ1v) is 13.5. The molecule has 210 valence electrons. The molecule has 0 aliphatic carbocycles. The van der Waals surface area contributed by atoms with Crippen molar-refractivity contribution < 1.29 is 23.8 Å². The number of imide groups is 1. The Labute approximate surface area is 240 Å². The number of aromatic nitrogens is 2. The molecule has 1 saturated heterocycles. The molecule has 0 spiro atoms. The molecule has 1 aromatic heterocycles. The first kappa shape index (κ1) is 26.9. The number of para-hydroxylation sites is 1. The number of carbonyl (C=O) groups excluding carboxylic acids is 2. The van der Waals surface area contributed by atoms with Crippen LogP contribution in [-0.2, 0) is 38.1 Å². The minimum absolute atomic E-state index is 0.0502. The molecule has 2 N–H and O–H groups in total. The van der Waals surface area contributed by atoms with Crippen LogP contribution in [0.4, 0.5) is 15.0 Å². The predicted octanol–water partition coefficient (Wildman–Crippen LogP) is 5.13. The number of fused-ring (bicyclic) bond motifs is 1. The number of hydrogen-bond donors (Lipinski definition) is 2. The van der Waals surface area contributed by atoms with Gasteiger partial charge in [-0.1, -0.05) is 35.9 Å². The fourth-order valence-corrected chi connectivity index (χ4v) is 5.53. The van der Waals surface area contributed by atoms with E-state index in [0.29, 0.717) is 36.8 Å². The summed E-state index contributed by atoms with van der Waals surface area (Å²) in [7, 11) is 1.85. The van der Waals surface area contributed by atoms with Crippen LogP contribution in [0.3, 0.4) is 0 Å². The van der Waals surface area contributed by atoms with Gasteiger partial charge in [-0.2, -0.15) is 0 Å². The van der Waals surface area contributed by atoms with E-state index < -0.39 is 11.8 Å². The van der Waals surface area contributed by atoms with Gasteiger partial charge in [-0.25, -0.2) is 14.2 Å². The van der Waals surface area contributed by atoms with E-state index in [0.717, 1.165) is 23.5 Å². The molecule has 4 aromatic rings. The number of benzene rings is 3. The van der Waals surface area contributed by atoms with Gasteiger partial charge in [0.05, 0.1) is 17.8 Å².